The molecule has 0 heterocycles. The van der Waals surface area contributed by atoms with E-state index < -0.39 is 11.7 Å². The Balaban J connectivity index is 2.38. The van der Waals surface area contributed by atoms with Crippen LogP contribution in [-0.4, -0.2) is 5.11 Å². The van der Waals surface area contributed by atoms with E-state index in [4.69, 9.17) is 33.0 Å². The van der Waals surface area contributed by atoms with Gasteiger partial charge in [0.15, 0.2) is 0 Å². The van der Waals surface area contributed by atoms with Crippen molar-refractivity contribution in [1.29, 1.82) is 0 Å². The van der Waals surface area contributed by atoms with E-state index >= 15 is 0 Å². The normalized spacial score (nSPS) is 11.5. The van der Waals surface area contributed by atoms with Gasteiger partial charge in [0.25, 0.3) is 0 Å². The highest BCUT2D eigenvalue weighted by Crippen LogP contribution is 2.40. The van der Waals surface area contributed by atoms with Crippen molar-refractivity contribution >= 4 is 23.2 Å². The molecule has 0 radical (unpaired) electrons. The molecular formula is C14H9Cl2F3O2. The molecule has 2 aromatic carbocycles. The van der Waals surface area contributed by atoms with Crippen LogP contribution in [0.5, 0.6) is 11.5 Å². The smallest absolute Gasteiger partial charge is 0.420 e. The predicted molar refractivity (Wildman–Crippen MR) is 73.9 cm³/mol. The van der Waals surface area contributed by atoms with Gasteiger partial charge in [0.2, 0.25) is 0 Å². The average Bonchev–Trinajstić information content (AvgIpc) is 2.40. The van der Waals surface area contributed by atoms with Crippen LogP contribution in [0.2, 0.25) is 10.0 Å². The second-order valence-corrected chi connectivity index (χ2v) is 5.00. The van der Waals surface area contributed by atoms with Crippen LogP contribution in [0.4, 0.5) is 13.2 Å². The number of halogens is 5. The van der Waals surface area contributed by atoms with Crippen molar-refractivity contribution in [3.8, 4) is 11.5 Å². The number of hydrogen-bond donors (Lipinski definition) is 1. The first kappa shape index (κ1) is 15.9. The van der Waals surface area contributed by atoms with Crippen LogP contribution in [0.25, 0.3) is 0 Å². The highest BCUT2D eigenvalue weighted by atomic mass is 35.5. The lowest BCUT2D eigenvalue weighted by Gasteiger charge is -2.14. The van der Waals surface area contributed by atoms with Crippen molar-refractivity contribution in [3.63, 3.8) is 0 Å². The van der Waals surface area contributed by atoms with Crippen molar-refractivity contribution in [3.05, 3.63) is 57.6 Å². The number of alkyl halides is 3. The van der Waals surface area contributed by atoms with Gasteiger partial charge < -0.3 is 9.84 Å². The number of benzene rings is 2. The zero-order valence-electron chi connectivity index (χ0n) is 10.4. The van der Waals surface area contributed by atoms with Gasteiger partial charge in [-0.25, -0.2) is 0 Å². The molecule has 1 N–H and O–H groups in total. The molecule has 0 unspecified atom stereocenters. The summed E-state index contributed by atoms with van der Waals surface area (Å²) in [5, 5.41) is 9.16. The minimum Gasteiger partial charge on any atom is -0.457 e. The van der Waals surface area contributed by atoms with Crippen LogP contribution in [0.3, 0.4) is 0 Å². The fourth-order valence-corrected chi connectivity index (χ4v) is 2.06. The second kappa shape index (κ2) is 6.13. The summed E-state index contributed by atoms with van der Waals surface area (Å²) in [5.41, 5.74) is -0.520. The van der Waals surface area contributed by atoms with Crippen molar-refractivity contribution < 1.29 is 23.0 Å². The minimum absolute atomic E-state index is 0.0386. The maximum Gasteiger partial charge on any atom is 0.420 e. The van der Waals surface area contributed by atoms with E-state index in [2.05, 4.69) is 0 Å². The molecule has 112 valence electrons. The highest BCUT2D eigenvalue weighted by molar-refractivity contribution is 6.31. The molecular weight excluding hydrogens is 328 g/mol. The van der Waals surface area contributed by atoms with Gasteiger partial charge in [-0.15, -0.1) is 0 Å². The lowest BCUT2D eigenvalue weighted by molar-refractivity contribution is -0.138. The molecule has 2 nitrogen and oxygen atoms in total. The monoisotopic (exact) mass is 336 g/mol. The SMILES string of the molecule is OCc1ccc(Oc2ccc(Cl)cc2C(F)(F)F)cc1Cl. The summed E-state index contributed by atoms with van der Waals surface area (Å²) < 4.78 is 44.0. The van der Waals surface area contributed by atoms with E-state index in [0.717, 1.165) is 12.1 Å². The molecule has 2 rings (SSSR count). The summed E-state index contributed by atoms with van der Waals surface area (Å²) in [6.45, 7) is -0.270. The van der Waals surface area contributed by atoms with E-state index in [-0.39, 0.29) is 28.2 Å². The summed E-state index contributed by atoms with van der Waals surface area (Å²) in [7, 11) is 0. The standard InChI is InChI=1S/C14H9Cl2F3O2/c15-9-2-4-13(11(5-9)14(17,18)19)21-10-3-1-8(7-20)12(16)6-10/h1-6,20H,7H2. The molecule has 0 aliphatic rings. The Bertz CT molecular complexity index is 657. The van der Waals surface area contributed by atoms with Crippen LogP contribution in [0.15, 0.2) is 36.4 Å². The predicted octanol–water partition coefficient (Wildman–Crippen LogP) is 5.30. The Morgan fingerprint density at radius 1 is 1.05 bits per heavy atom. The average molecular weight is 337 g/mol. The Hall–Kier alpha value is -1.43. The lowest BCUT2D eigenvalue weighted by atomic mass is 10.2. The van der Waals surface area contributed by atoms with E-state index in [1.165, 1.54) is 24.3 Å². The molecule has 2 aromatic rings. The van der Waals surface area contributed by atoms with Crippen molar-refractivity contribution in [2.45, 2.75) is 12.8 Å². The number of rotatable bonds is 3. The molecule has 0 aliphatic carbocycles. The molecule has 0 amide bonds. The maximum absolute atomic E-state index is 12.9. The minimum atomic E-state index is -4.59. The van der Waals surface area contributed by atoms with Crippen molar-refractivity contribution in [2.24, 2.45) is 0 Å². The third-order valence-corrected chi connectivity index (χ3v) is 3.26. The summed E-state index contributed by atoms with van der Waals surface area (Å²) in [6, 6.07) is 7.46. The number of hydrogen-bond acceptors (Lipinski definition) is 2. The van der Waals surface area contributed by atoms with E-state index in [9.17, 15) is 13.2 Å². The lowest BCUT2D eigenvalue weighted by Crippen LogP contribution is -2.07. The summed E-state index contributed by atoms with van der Waals surface area (Å²) in [5.74, 6) is -0.246. The Kier molecular flexibility index (Phi) is 4.66. The first-order chi connectivity index (χ1) is 9.81. The van der Waals surface area contributed by atoms with Gasteiger partial charge in [-0.3, -0.25) is 0 Å². The molecule has 7 heteroatoms. The summed E-state index contributed by atoms with van der Waals surface area (Å²) in [6.07, 6.45) is -4.59. The Morgan fingerprint density at radius 2 is 1.76 bits per heavy atom. The fraction of sp³-hybridized carbons (Fsp3) is 0.143. The molecule has 0 aromatic heterocycles. The van der Waals surface area contributed by atoms with E-state index in [1.54, 1.807) is 0 Å². The van der Waals surface area contributed by atoms with Gasteiger partial charge in [-0.1, -0.05) is 29.3 Å². The van der Waals surface area contributed by atoms with Crippen LogP contribution in [0.1, 0.15) is 11.1 Å². The maximum atomic E-state index is 12.9. The van der Waals surface area contributed by atoms with E-state index in [1.807, 2.05) is 0 Å². The first-order valence-electron chi connectivity index (χ1n) is 5.75. The second-order valence-electron chi connectivity index (χ2n) is 4.15. The fourth-order valence-electron chi connectivity index (χ4n) is 1.66. The Morgan fingerprint density at radius 3 is 2.33 bits per heavy atom. The number of aliphatic hydroxyl groups excluding tert-OH is 1. The molecule has 0 fully saturated rings. The van der Waals surface area contributed by atoms with Gasteiger partial charge in [0.05, 0.1) is 12.2 Å². The van der Waals surface area contributed by atoms with Crippen LogP contribution in [-0.2, 0) is 12.8 Å². The largest absolute Gasteiger partial charge is 0.457 e. The first-order valence-corrected chi connectivity index (χ1v) is 6.50. The Labute approximate surface area is 128 Å². The molecule has 0 bridgehead atoms. The molecule has 0 atom stereocenters. The van der Waals surface area contributed by atoms with Crippen molar-refractivity contribution in [2.75, 3.05) is 0 Å². The molecule has 0 saturated heterocycles. The van der Waals surface area contributed by atoms with Gasteiger partial charge >= 0.3 is 6.18 Å². The summed E-state index contributed by atoms with van der Waals surface area (Å²) >= 11 is 11.5. The quantitative estimate of drug-likeness (QED) is 0.824. The third-order valence-electron chi connectivity index (χ3n) is 2.67. The van der Waals surface area contributed by atoms with Crippen LogP contribution < -0.4 is 4.74 Å². The zero-order chi connectivity index (χ0) is 15.6. The van der Waals surface area contributed by atoms with Gasteiger partial charge in [-0.2, -0.15) is 13.2 Å². The van der Waals surface area contributed by atoms with Crippen LogP contribution >= 0.6 is 23.2 Å². The van der Waals surface area contributed by atoms with Gasteiger partial charge in [-0.05, 0) is 35.9 Å². The summed E-state index contributed by atoms with van der Waals surface area (Å²) in [4.78, 5) is 0. The molecule has 21 heavy (non-hydrogen) atoms. The van der Waals surface area contributed by atoms with Gasteiger partial charge in [0.1, 0.15) is 11.5 Å². The third kappa shape index (κ3) is 3.81. The zero-order valence-corrected chi connectivity index (χ0v) is 11.9. The van der Waals surface area contributed by atoms with E-state index in [0.29, 0.717) is 5.56 Å². The molecule has 0 aliphatic heterocycles. The van der Waals surface area contributed by atoms with Gasteiger partial charge in [0, 0.05) is 10.0 Å². The number of aliphatic hydroxyl groups is 1. The van der Waals surface area contributed by atoms with Crippen molar-refractivity contribution in [1.82, 2.24) is 0 Å². The number of ether oxygens (including phenoxy) is 1. The topological polar surface area (TPSA) is 29.5 Å². The molecule has 0 saturated carbocycles. The highest BCUT2D eigenvalue weighted by Gasteiger charge is 2.34. The molecule has 0 spiro atoms. The van der Waals surface area contributed by atoms with Crippen LogP contribution in [0, 0.1) is 0 Å².